The monoisotopic (exact) mass is 396 g/mol. The van der Waals surface area contributed by atoms with E-state index in [1.807, 2.05) is 49.4 Å². The molecule has 1 aromatic carbocycles. The summed E-state index contributed by atoms with van der Waals surface area (Å²) in [5, 5.41) is 2.76. The van der Waals surface area contributed by atoms with Crippen LogP contribution in [0.15, 0.2) is 42.5 Å². The fourth-order valence-corrected chi connectivity index (χ4v) is 4.78. The highest BCUT2D eigenvalue weighted by atomic mass is 16.5. The lowest BCUT2D eigenvalue weighted by molar-refractivity contribution is -0.160. The Bertz CT molecular complexity index is 850. The van der Waals surface area contributed by atoms with Crippen molar-refractivity contribution in [2.24, 2.45) is 23.7 Å². The van der Waals surface area contributed by atoms with Crippen molar-refractivity contribution in [1.29, 1.82) is 0 Å². The van der Waals surface area contributed by atoms with Gasteiger partial charge in [-0.05, 0) is 37.7 Å². The largest absolute Gasteiger partial charge is 0.454 e. The third-order valence-electron chi connectivity index (χ3n) is 6.26. The molecule has 0 unspecified atom stereocenters. The van der Waals surface area contributed by atoms with Crippen LogP contribution in [0.4, 0.5) is 0 Å². The van der Waals surface area contributed by atoms with Crippen molar-refractivity contribution in [1.82, 2.24) is 10.2 Å². The molecule has 1 saturated carbocycles. The average molecular weight is 396 g/mol. The van der Waals surface area contributed by atoms with Gasteiger partial charge in [-0.15, -0.1) is 0 Å². The Morgan fingerprint density at radius 3 is 2.24 bits per heavy atom. The number of rotatable bonds is 6. The Balaban J connectivity index is 1.31. The Hall–Kier alpha value is -2.96. The molecular formula is C22H24N2O5. The van der Waals surface area contributed by atoms with Crippen LogP contribution >= 0.6 is 0 Å². The number of fused-ring (bicyclic) bond motifs is 5. The molecule has 29 heavy (non-hydrogen) atoms. The van der Waals surface area contributed by atoms with Crippen LogP contribution < -0.4 is 5.32 Å². The standard InChI is InChI=1S/C22H24N2O5/c1-12(14-6-4-3-5-7-14)23-17(25)11-29-22(28)13(2)24-20(26)18-15-8-9-16(10-15)19(18)21(24)27/h3-9,12-13,15-16,18-19H,10-11H2,1-2H3,(H,23,25)/t12-,13-,15-,16-,18-,19-/m0/s1. The fourth-order valence-electron chi connectivity index (χ4n) is 4.78. The molecule has 3 amide bonds. The molecule has 6 atom stereocenters. The highest BCUT2D eigenvalue weighted by Crippen LogP contribution is 2.52. The van der Waals surface area contributed by atoms with Crippen molar-refractivity contribution in [3.05, 3.63) is 48.0 Å². The number of benzene rings is 1. The van der Waals surface area contributed by atoms with Gasteiger partial charge in [0.1, 0.15) is 6.04 Å². The smallest absolute Gasteiger partial charge is 0.329 e. The lowest BCUT2D eigenvalue weighted by atomic mass is 9.85. The van der Waals surface area contributed by atoms with Crippen molar-refractivity contribution in [2.45, 2.75) is 32.4 Å². The predicted molar refractivity (Wildman–Crippen MR) is 103 cm³/mol. The maximum absolute atomic E-state index is 12.8. The molecule has 2 bridgehead atoms. The molecule has 7 nitrogen and oxygen atoms in total. The van der Waals surface area contributed by atoms with E-state index in [0.717, 1.165) is 16.9 Å². The number of amides is 3. The first-order chi connectivity index (χ1) is 13.9. The molecule has 152 valence electrons. The quantitative estimate of drug-likeness (QED) is 0.448. The molecule has 1 saturated heterocycles. The van der Waals surface area contributed by atoms with E-state index in [1.54, 1.807) is 0 Å². The normalized spacial score (nSPS) is 29.0. The van der Waals surface area contributed by atoms with Crippen LogP contribution in [0.3, 0.4) is 0 Å². The van der Waals surface area contributed by atoms with Crippen LogP contribution in [0.2, 0.25) is 0 Å². The van der Waals surface area contributed by atoms with Crippen molar-refractivity contribution >= 4 is 23.7 Å². The van der Waals surface area contributed by atoms with Crippen LogP contribution in [0.25, 0.3) is 0 Å². The Kier molecular flexibility index (Phi) is 4.98. The van der Waals surface area contributed by atoms with E-state index in [1.165, 1.54) is 6.92 Å². The number of ether oxygens (including phenoxy) is 1. The third-order valence-corrected chi connectivity index (χ3v) is 6.26. The minimum absolute atomic E-state index is 0.0833. The summed E-state index contributed by atoms with van der Waals surface area (Å²) in [6.45, 7) is 2.84. The molecule has 2 fully saturated rings. The number of esters is 1. The van der Waals surface area contributed by atoms with E-state index in [-0.39, 0.29) is 41.5 Å². The van der Waals surface area contributed by atoms with Crippen molar-refractivity contribution < 1.29 is 23.9 Å². The lowest BCUT2D eigenvalue weighted by Crippen LogP contribution is -2.46. The van der Waals surface area contributed by atoms with Crippen LogP contribution in [0.5, 0.6) is 0 Å². The SMILES string of the molecule is C[C@H](NC(=O)COC(=O)[C@H](C)N1C(=O)[C@@H]2[C@@H](C1=O)[C@H]1C=C[C@H]2C1)c1ccccc1. The summed E-state index contributed by atoms with van der Waals surface area (Å²) in [6, 6.07) is 8.15. The number of likely N-dealkylation sites (tertiary alicyclic amines) is 1. The summed E-state index contributed by atoms with van der Waals surface area (Å²) in [5.74, 6) is -2.35. The molecule has 1 heterocycles. The molecular weight excluding hydrogens is 372 g/mol. The molecule has 3 aliphatic rings. The van der Waals surface area contributed by atoms with Crippen molar-refractivity contribution in [3.8, 4) is 0 Å². The predicted octanol–water partition coefficient (Wildman–Crippen LogP) is 1.60. The molecule has 2 aliphatic carbocycles. The van der Waals surface area contributed by atoms with E-state index in [0.29, 0.717) is 0 Å². The number of nitrogens with zero attached hydrogens (tertiary/aromatic N) is 1. The number of hydrogen-bond donors (Lipinski definition) is 1. The minimum Gasteiger partial charge on any atom is -0.454 e. The molecule has 4 rings (SSSR count). The zero-order chi connectivity index (χ0) is 20.7. The number of carbonyl (C=O) groups excluding carboxylic acids is 4. The number of carbonyl (C=O) groups is 4. The Morgan fingerprint density at radius 2 is 1.66 bits per heavy atom. The molecule has 1 aliphatic heterocycles. The Morgan fingerprint density at radius 1 is 1.07 bits per heavy atom. The second-order valence-electron chi connectivity index (χ2n) is 8.03. The number of allylic oxidation sites excluding steroid dienone is 2. The highest BCUT2D eigenvalue weighted by Gasteiger charge is 2.60. The first kappa shape index (κ1) is 19.4. The van der Waals surface area contributed by atoms with Crippen molar-refractivity contribution in [3.63, 3.8) is 0 Å². The summed E-state index contributed by atoms with van der Waals surface area (Å²) in [5.41, 5.74) is 0.934. The summed E-state index contributed by atoms with van der Waals surface area (Å²) >= 11 is 0. The number of imide groups is 1. The van der Waals surface area contributed by atoms with Gasteiger partial charge in [-0.3, -0.25) is 19.3 Å². The van der Waals surface area contributed by atoms with Crippen LogP contribution in [0, 0.1) is 23.7 Å². The summed E-state index contributed by atoms with van der Waals surface area (Å²) in [4.78, 5) is 51.1. The van der Waals surface area contributed by atoms with Crippen LogP contribution in [-0.2, 0) is 23.9 Å². The summed E-state index contributed by atoms with van der Waals surface area (Å²) in [7, 11) is 0. The van der Waals surface area contributed by atoms with Gasteiger partial charge in [0, 0.05) is 0 Å². The average Bonchev–Trinajstić information content (AvgIpc) is 3.40. The third kappa shape index (κ3) is 3.34. The highest BCUT2D eigenvalue weighted by molar-refractivity contribution is 6.08. The van der Waals surface area contributed by atoms with Crippen LogP contribution in [-0.4, -0.2) is 41.2 Å². The zero-order valence-corrected chi connectivity index (χ0v) is 16.4. The van der Waals surface area contributed by atoms with Gasteiger partial charge in [-0.2, -0.15) is 0 Å². The van der Waals surface area contributed by atoms with Gasteiger partial charge in [-0.1, -0.05) is 42.5 Å². The number of hydrogen-bond acceptors (Lipinski definition) is 5. The van der Waals surface area contributed by atoms with Gasteiger partial charge in [0.25, 0.3) is 5.91 Å². The first-order valence-corrected chi connectivity index (χ1v) is 9.94. The van der Waals surface area contributed by atoms with Gasteiger partial charge < -0.3 is 10.1 Å². The lowest BCUT2D eigenvalue weighted by Gasteiger charge is -2.23. The maximum atomic E-state index is 12.8. The first-order valence-electron chi connectivity index (χ1n) is 9.94. The second kappa shape index (κ2) is 7.46. The topological polar surface area (TPSA) is 92.8 Å². The van der Waals surface area contributed by atoms with Crippen LogP contribution in [0.1, 0.15) is 31.9 Å². The molecule has 1 aromatic rings. The summed E-state index contributed by atoms with van der Waals surface area (Å²) in [6.07, 6.45) is 4.84. The van der Waals surface area contributed by atoms with E-state index in [9.17, 15) is 19.2 Å². The Labute approximate surface area is 169 Å². The molecule has 1 N–H and O–H groups in total. The maximum Gasteiger partial charge on any atom is 0.329 e. The summed E-state index contributed by atoms with van der Waals surface area (Å²) < 4.78 is 5.09. The molecule has 0 spiro atoms. The van der Waals surface area contributed by atoms with E-state index in [4.69, 9.17) is 4.74 Å². The van der Waals surface area contributed by atoms with Crippen molar-refractivity contribution in [2.75, 3.05) is 6.61 Å². The second-order valence-corrected chi connectivity index (χ2v) is 8.03. The minimum atomic E-state index is -1.04. The van der Waals surface area contributed by atoms with E-state index < -0.39 is 24.5 Å². The fraction of sp³-hybridized carbons (Fsp3) is 0.455. The van der Waals surface area contributed by atoms with Gasteiger partial charge in [-0.25, -0.2) is 4.79 Å². The number of nitrogens with one attached hydrogen (secondary N) is 1. The zero-order valence-electron chi connectivity index (χ0n) is 16.4. The van der Waals surface area contributed by atoms with E-state index in [2.05, 4.69) is 5.32 Å². The van der Waals surface area contributed by atoms with Gasteiger partial charge in [0.15, 0.2) is 6.61 Å². The van der Waals surface area contributed by atoms with Gasteiger partial charge >= 0.3 is 5.97 Å². The van der Waals surface area contributed by atoms with Gasteiger partial charge in [0.2, 0.25) is 11.8 Å². The molecule has 7 heteroatoms. The van der Waals surface area contributed by atoms with E-state index >= 15 is 0 Å². The molecule has 0 radical (unpaired) electrons. The van der Waals surface area contributed by atoms with Gasteiger partial charge in [0.05, 0.1) is 17.9 Å². The molecule has 0 aromatic heterocycles.